The van der Waals surface area contributed by atoms with Crippen molar-refractivity contribution in [3.05, 3.63) is 34.9 Å². The van der Waals surface area contributed by atoms with E-state index in [9.17, 15) is 0 Å². The van der Waals surface area contributed by atoms with Crippen molar-refractivity contribution < 1.29 is 4.74 Å². The third kappa shape index (κ3) is 2.83. The van der Waals surface area contributed by atoms with Gasteiger partial charge < -0.3 is 10.1 Å². The molecule has 0 radical (unpaired) electrons. The molecule has 1 spiro atoms. The van der Waals surface area contributed by atoms with E-state index in [1.807, 2.05) is 12.1 Å². The highest BCUT2D eigenvalue weighted by Gasteiger charge is 2.41. The Labute approximate surface area is 119 Å². The fraction of sp³-hybridized carbons (Fsp3) is 0.571. The van der Waals surface area contributed by atoms with Gasteiger partial charge in [0.2, 0.25) is 0 Å². The minimum absolute atomic E-state index is 0. The van der Waals surface area contributed by atoms with E-state index in [4.69, 9.17) is 16.3 Å². The minimum atomic E-state index is 0. The lowest BCUT2D eigenvalue weighted by Crippen LogP contribution is -2.41. The van der Waals surface area contributed by atoms with Gasteiger partial charge >= 0.3 is 0 Å². The van der Waals surface area contributed by atoms with Gasteiger partial charge in [0, 0.05) is 10.9 Å². The minimum Gasteiger partial charge on any atom is -0.374 e. The summed E-state index contributed by atoms with van der Waals surface area (Å²) in [5.41, 5.74) is 1.46. The van der Waals surface area contributed by atoms with Crippen LogP contribution in [0.4, 0.5) is 0 Å². The predicted molar refractivity (Wildman–Crippen MR) is 76.8 cm³/mol. The van der Waals surface area contributed by atoms with Gasteiger partial charge in [-0.25, -0.2) is 0 Å². The van der Waals surface area contributed by atoms with E-state index >= 15 is 0 Å². The molecule has 4 heteroatoms. The lowest BCUT2D eigenvalue weighted by atomic mass is 9.84. The number of halogens is 2. The van der Waals surface area contributed by atoms with Crippen molar-refractivity contribution in [3.8, 4) is 0 Å². The van der Waals surface area contributed by atoms with E-state index in [1.54, 1.807) is 0 Å². The standard InChI is InChI=1S/C14H18ClNO.ClH/c15-13-3-1-2-11(8-13)12-9-14(17-10-12)4-6-16-7-5-14;/h1-3,8,12,16H,4-7,9-10H2;1H/t12-;/m1./s1. The van der Waals surface area contributed by atoms with Crippen molar-refractivity contribution in [2.24, 2.45) is 0 Å². The molecule has 0 saturated carbocycles. The Morgan fingerprint density at radius 2 is 2.06 bits per heavy atom. The Morgan fingerprint density at radius 1 is 1.28 bits per heavy atom. The summed E-state index contributed by atoms with van der Waals surface area (Å²) in [6.07, 6.45) is 3.43. The van der Waals surface area contributed by atoms with Crippen LogP contribution in [0.25, 0.3) is 0 Å². The Bertz CT molecular complexity index is 405. The number of rotatable bonds is 1. The van der Waals surface area contributed by atoms with Crippen LogP contribution in [0.3, 0.4) is 0 Å². The van der Waals surface area contributed by atoms with Crippen LogP contribution in [-0.2, 0) is 4.74 Å². The first kappa shape index (κ1) is 14.1. The summed E-state index contributed by atoms with van der Waals surface area (Å²) in [6.45, 7) is 3.02. The average molecular weight is 288 g/mol. The van der Waals surface area contributed by atoms with Crippen molar-refractivity contribution in [1.82, 2.24) is 5.32 Å². The van der Waals surface area contributed by atoms with Crippen LogP contribution in [0.1, 0.15) is 30.7 Å². The van der Waals surface area contributed by atoms with Crippen molar-refractivity contribution in [2.75, 3.05) is 19.7 Å². The van der Waals surface area contributed by atoms with E-state index in [-0.39, 0.29) is 18.0 Å². The van der Waals surface area contributed by atoms with E-state index < -0.39 is 0 Å². The van der Waals surface area contributed by atoms with E-state index in [0.717, 1.165) is 44.0 Å². The first-order valence-corrected chi connectivity index (χ1v) is 6.75. The normalized spacial score (nSPS) is 25.9. The molecule has 1 atom stereocenters. The van der Waals surface area contributed by atoms with E-state index in [0.29, 0.717) is 5.92 Å². The van der Waals surface area contributed by atoms with E-state index in [1.165, 1.54) is 5.56 Å². The molecule has 1 N–H and O–H groups in total. The number of ether oxygens (including phenoxy) is 1. The average Bonchev–Trinajstić information content (AvgIpc) is 2.74. The highest BCUT2D eigenvalue weighted by atomic mass is 35.5. The van der Waals surface area contributed by atoms with Gasteiger partial charge in [-0.2, -0.15) is 0 Å². The monoisotopic (exact) mass is 287 g/mol. The SMILES string of the molecule is Cl.Clc1cccc([C@H]2COC3(CCNCC3)C2)c1. The maximum absolute atomic E-state index is 6.11. The first-order valence-electron chi connectivity index (χ1n) is 6.38. The molecular weight excluding hydrogens is 269 g/mol. The molecule has 18 heavy (non-hydrogen) atoms. The lowest BCUT2D eigenvalue weighted by molar-refractivity contribution is -0.0193. The third-order valence-corrected chi connectivity index (χ3v) is 4.28. The molecule has 0 aromatic heterocycles. The molecule has 0 amide bonds. The number of benzene rings is 1. The molecular formula is C14H19Cl2NO. The summed E-state index contributed by atoms with van der Waals surface area (Å²) < 4.78 is 6.11. The summed E-state index contributed by atoms with van der Waals surface area (Å²) in [7, 11) is 0. The third-order valence-electron chi connectivity index (χ3n) is 4.04. The predicted octanol–water partition coefficient (Wildman–Crippen LogP) is 3.39. The van der Waals surface area contributed by atoms with Crippen LogP contribution in [0.2, 0.25) is 5.02 Å². The second-order valence-corrected chi connectivity index (χ2v) is 5.64. The summed E-state index contributed by atoms with van der Waals surface area (Å²) in [4.78, 5) is 0. The highest BCUT2D eigenvalue weighted by molar-refractivity contribution is 6.30. The first-order chi connectivity index (χ1) is 8.27. The van der Waals surface area contributed by atoms with Crippen molar-refractivity contribution in [1.29, 1.82) is 0 Å². The number of nitrogens with one attached hydrogen (secondary N) is 1. The molecule has 0 aliphatic carbocycles. The zero-order valence-corrected chi connectivity index (χ0v) is 11.9. The van der Waals surface area contributed by atoms with Gasteiger partial charge in [-0.3, -0.25) is 0 Å². The fourth-order valence-corrected chi connectivity index (χ4v) is 3.25. The summed E-state index contributed by atoms with van der Waals surface area (Å²) in [5.74, 6) is 0.520. The van der Waals surface area contributed by atoms with Crippen LogP contribution >= 0.6 is 24.0 Å². The zero-order chi connectivity index (χ0) is 11.7. The molecule has 1 aromatic rings. The zero-order valence-electron chi connectivity index (χ0n) is 10.3. The van der Waals surface area contributed by atoms with E-state index in [2.05, 4.69) is 17.4 Å². The van der Waals surface area contributed by atoms with Gasteiger partial charge in [-0.05, 0) is 50.0 Å². The molecule has 0 unspecified atom stereocenters. The van der Waals surface area contributed by atoms with Gasteiger partial charge in [0.05, 0.1) is 12.2 Å². The van der Waals surface area contributed by atoms with Gasteiger partial charge in [-0.15, -0.1) is 12.4 Å². The molecule has 2 aliphatic rings. The molecule has 1 aromatic carbocycles. The number of hydrogen-bond acceptors (Lipinski definition) is 2. The van der Waals surface area contributed by atoms with Gasteiger partial charge in [0.1, 0.15) is 0 Å². The molecule has 3 rings (SSSR count). The largest absolute Gasteiger partial charge is 0.374 e. The summed E-state index contributed by atoms with van der Waals surface area (Å²) in [6, 6.07) is 8.21. The Morgan fingerprint density at radius 3 is 2.78 bits per heavy atom. The topological polar surface area (TPSA) is 21.3 Å². The molecule has 2 heterocycles. The van der Waals surface area contributed by atoms with Crippen molar-refractivity contribution in [2.45, 2.75) is 30.8 Å². The summed E-state index contributed by atoms with van der Waals surface area (Å²) in [5, 5.41) is 4.23. The van der Waals surface area contributed by atoms with Crippen LogP contribution in [0.5, 0.6) is 0 Å². The smallest absolute Gasteiger partial charge is 0.0713 e. The number of hydrogen-bond donors (Lipinski definition) is 1. The van der Waals surface area contributed by atoms with Crippen LogP contribution in [-0.4, -0.2) is 25.3 Å². The van der Waals surface area contributed by atoms with Crippen LogP contribution in [0, 0.1) is 0 Å². The van der Waals surface area contributed by atoms with Gasteiger partial charge in [0.15, 0.2) is 0 Å². The van der Waals surface area contributed by atoms with Gasteiger partial charge in [-0.1, -0.05) is 23.7 Å². The molecule has 2 saturated heterocycles. The maximum Gasteiger partial charge on any atom is 0.0713 e. The quantitative estimate of drug-likeness (QED) is 0.855. The second kappa shape index (κ2) is 5.79. The Balaban J connectivity index is 0.00000120. The fourth-order valence-electron chi connectivity index (χ4n) is 3.05. The van der Waals surface area contributed by atoms with Crippen molar-refractivity contribution in [3.63, 3.8) is 0 Å². The highest BCUT2D eigenvalue weighted by Crippen LogP contribution is 2.41. The lowest BCUT2D eigenvalue weighted by Gasteiger charge is -2.33. The Hall–Kier alpha value is -0.280. The van der Waals surface area contributed by atoms with Crippen molar-refractivity contribution >= 4 is 24.0 Å². The molecule has 2 nitrogen and oxygen atoms in total. The molecule has 0 bridgehead atoms. The molecule has 100 valence electrons. The molecule has 2 aliphatic heterocycles. The maximum atomic E-state index is 6.11. The number of piperidine rings is 1. The molecule has 2 fully saturated rings. The summed E-state index contributed by atoms with van der Waals surface area (Å²) >= 11 is 6.05. The van der Waals surface area contributed by atoms with Crippen LogP contribution in [0.15, 0.2) is 24.3 Å². The van der Waals surface area contributed by atoms with Crippen LogP contribution < -0.4 is 5.32 Å². The Kier molecular flexibility index (Phi) is 4.54. The second-order valence-electron chi connectivity index (χ2n) is 5.20. The van der Waals surface area contributed by atoms with Gasteiger partial charge in [0.25, 0.3) is 0 Å².